The van der Waals surface area contributed by atoms with Crippen molar-refractivity contribution >= 4 is 16.8 Å². The first-order valence-electron chi connectivity index (χ1n) is 11.1. The number of benzene rings is 1. The summed E-state index contributed by atoms with van der Waals surface area (Å²) < 4.78 is 52.2. The van der Waals surface area contributed by atoms with E-state index in [1.807, 2.05) is 20.8 Å². The number of hydrogen-bond donors (Lipinski definition) is 1. The van der Waals surface area contributed by atoms with Crippen LogP contribution in [0.1, 0.15) is 78.1 Å². The van der Waals surface area contributed by atoms with Crippen LogP contribution in [0.25, 0.3) is 11.0 Å². The summed E-state index contributed by atoms with van der Waals surface area (Å²) in [5.41, 5.74) is 6.01. The van der Waals surface area contributed by atoms with E-state index < -0.39 is 18.0 Å². The van der Waals surface area contributed by atoms with Gasteiger partial charge in [0.05, 0.1) is 16.4 Å². The van der Waals surface area contributed by atoms with E-state index in [1.54, 1.807) is 13.0 Å². The van der Waals surface area contributed by atoms with Crippen molar-refractivity contribution in [2.45, 2.75) is 92.3 Å². The quantitative estimate of drug-likeness (QED) is 0.524. The highest BCUT2D eigenvalue weighted by Gasteiger charge is 2.47. The number of hydrogen-bond acceptors (Lipinski definition) is 3. The molecule has 0 aliphatic heterocycles. The number of Topliss-reactive ketones (excluding diaryl/α,β-unsaturated/α-hetero) is 1. The molecule has 0 amide bonds. The average molecular weight is 460 g/mol. The Balaban J connectivity index is 0.000000302. The summed E-state index contributed by atoms with van der Waals surface area (Å²) in [5.74, 6) is 0.451. The second kappa shape index (κ2) is 10.8. The summed E-state index contributed by atoms with van der Waals surface area (Å²) in [6.07, 6.45) is -0.896. The molecule has 2 N–H and O–H groups in total. The van der Waals surface area contributed by atoms with Crippen molar-refractivity contribution in [1.82, 2.24) is 9.55 Å². The molecule has 3 rings (SSSR count). The zero-order chi connectivity index (χ0) is 24.9. The summed E-state index contributed by atoms with van der Waals surface area (Å²) in [7, 11) is 0. The second-order valence-corrected chi connectivity index (χ2v) is 9.29. The van der Waals surface area contributed by atoms with Gasteiger partial charge in [0.1, 0.15) is 17.4 Å². The Morgan fingerprint density at radius 2 is 1.72 bits per heavy atom. The highest BCUT2D eigenvalue weighted by atomic mass is 19.4. The van der Waals surface area contributed by atoms with Crippen LogP contribution in [0.4, 0.5) is 17.6 Å². The zero-order valence-corrected chi connectivity index (χ0v) is 20.3. The molecule has 2 aromatic rings. The fourth-order valence-corrected chi connectivity index (χ4v) is 3.77. The number of carbonyl (C=O) groups excluding carboxylic acids is 1. The number of halogens is 4. The third kappa shape index (κ3) is 6.53. The molecule has 1 saturated carbocycles. The highest BCUT2D eigenvalue weighted by molar-refractivity contribution is 5.80. The number of carbonyl (C=O) groups is 1. The normalized spacial score (nSPS) is 15.2. The van der Waals surface area contributed by atoms with E-state index in [1.165, 1.54) is 25.3 Å². The van der Waals surface area contributed by atoms with Gasteiger partial charge in [0.2, 0.25) is 0 Å². The Kier molecular flexibility index (Phi) is 9.45. The molecule has 1 aliphatic rings. The molecular formula is C24H37F4N3O. The van der Waals surface area contributed by atoms with E-state index in [-0.39, 0.29) is 23.6 Å². The van der Waals surface area contributed by atoms with E-state index in [9.17, 15) is 22.4 Å². The lowest BCUT2D eigenvalue weighted by Gasteiger charge is -2.41. The van der Waals surface area contributed by atoms with Crippen molar-refractivity contribution in [3.8, 4) is 0 Å². The van der Waals surface area contributed by atoms with Crippen LogP contribution in [0.2, 0.25) is 0 Å². The molecule has 32 heavy (non-hydrogen) atoms. The van der Waals surface area contributed by atoms with Gasteiger partial charge in [-0.05, 0) is 58.2 Å². The predicted molar refractivity (Wildman–Crippen MR) is 121 cm³/mol. The number of rotatable bonds is 4. The third-order valence-corrected chi connectivity index (χ3v) is 5.85. The van der Waals surface area contributed by atoms with E-state index >= 15 is 0 Å². The molecule has 1 aromatic heterocycles. The summed E-state index contributed by atoms with van der Waals surface area (Å²) in [5, 5.41) is 0. The van der Waals surface area contributed by atoms with Gasteiger partial charge in [-0.3, -0.25) is 4.79 Å². The molecule has 1 aliphatic carbocycles. The first kappa shape index (κ1) is 28.1. The van der Waals surface area contributed by atoms with Crippen LogP contribution in [0.15, 0.2) is 12.1 Å². The van der Waals surface area contributed by atoms with Crippen molar-refractivity contribution in [2.24, 2.45) is 11.1 Å². The molecule has 4 nitrogen and oxygen atoms in total. The molecule has 1 heterocycles. The van der Waals surface area contributed by atoms with Crippen molar-refractivity contribution in [3.63, 3.8) is 0 Å². The van der Waals surface area contributed by atoms with E-state index in [0.29, 0.717) is 0 Å². The van der Waals surface area contributed by atoms with Crippen molar-refractivity contribution in [2.75, 3.05) is 6.54 Å². The van der Waals surface area contributed by atoms with Crippen LogP contribution in [-0.4, -0.2) is 28.1 Å². The topological polar surface area (TPSA) is 60.9 Å². The van der Waals surface area contributed by atoms with Crippen LogP contribution < -0.4 is 5.73 Å². The van der Waals surface area contributed by atoms with Crippen LogP contribution in [0.3, 0.4) is 0 Å². The Morgan fingerprint density at radius 1 is 1.19 bits per heavy atom. The Hall–Kier alpha value is -1.96. The minimum atomic E-state index is -4.29. The lowest BCUT2D eigenvalue weighted by atomic mass is 9.78. The molecule has 8 heteroatoms. The van der Waals surface area contributed by atoms with Gasteiger partial charge < -0.3 is 10.3 Å². The van der Waals surface area contributed by atoms with Crippen molar-refractivity contribution < 1.29 is 22.4 Å². The number of aryl methyl sites for hydroxylation is 2. The molecule has 1 aromatic carbocycles. The molecule has 182 valence electrons. The summed E-state index contributed by atoms with van der Waals surface area (Å²) in [6.45, 7) is 12.6. The molecular weight excluding hydrogens is 422 g/mol. The van der Waals surface area contributed by atoms with Crippen molar-refractivity contribution in [3.05, 3.63) is 29.3 Å². The number of ketones is 1. The summed E-state index contributed by atoms with van der Waals surface area (Å²) in [6, 6.07) is 3.13. The monoisotopic (exact) mass is 459 g/mol. The van der Waals surface area contributed by atoms with Crippen LogP contribution in [-0.2, 0) is 10.3 Å². The zero-order valence-electron chi connectivity index (χ0n) is 20.3. The minimum Gasteiger partial charge on any atom is -0.331 e. The highest BCUT2D eigenvalue weighted by Crippen LogP contribution is 2.42. The molecule has 0 spiro atoms. The van der Waals surface area contributed by atoms with E-state index in [4.69, 9.17) is 5.73 Å². The number of fused-ring (bicyclic) bond motifs is 1. The maximum atomic E-state index is 13.4. The van der Waals surface area contributed by atoms with Gasteiger partial charge in [-0.2, -0.15) is 13.2 Å². The third-order valence-electron chi connectivity index (χ3n) is 5.85. The fourth-order valence-electron chi connectivity index (χ4n) is 3.77. The standard InChI is InChI=1S/C14H17FN2.C8H13F3O.C2H7N/c1-9-7-11(15)8-12-13(9)17(10(2)16-12)14(3)5-4-6-14;1-4-6(12)5-7(2,3)8(9,10)11;1-2-3/h7-8H,4-6H2,1-3H3;4-5H2,1-3H3;2-3H2,1H3. The maximum Gasteiger partial charge on any atom is 0.394 e. The Labute approximate surface area is 188 Å². The Bertz CT molecular complexity index is 912. The first-order valence-corrected chi connectivity index (χ1v) is 11.1. The molecule has 0 atom stereocenters. The average Bonchev–Trinajstić information content (AvgIpc) is 2.96. The number of alkyl halides is 3. The maximum absolute atomic E-state index is 13.4. The molecule has 0 radical (unpaired) electrons. The van der Waals surface area contributed by atoms with Crippen LogP contribution in [0, 0.1) is 25.1 Å². The fraction of sp³-hybridized carbons (Fsp3) is 0.667. The predicted octanol–water partition coefficient (Wildman–Crippen LogP) is 6.60. The van der Waals surface area contributed by atoms with E-state index in [2.05, 4.69) is 16.5 Å². The van der Waals surface area contributed by atoms with E-state index in [0.717, 1.165) is 42.8 Å². The van der Waals surface area contributed by atoms with Gasteiger partial charge >= 0.3 is 6.18 Å². The molecule has 0 saturated heterocycles. The van der Waals surface area contributed by atoms with Crippen molar-refractivity contribution in [1.29, 1.82) is 0 Å². The van der Waals surface area contributed by atoms with Gasteiger partial charge in [0, 0.05) is 24.4 Å². The molecule has 0 bridgehead atoms. The first-order chi connectivity index (χ1) is 14.6. The molecule has 0 unspecified atom stereocenters. The lowest BCUT2D eigenvalue weighted by Crippen LogP contribution is -2.38. The smallest absolute Gasteiger partial charge is 0.331 e. The SMILES string of the molecule is CCC(=O)CC(C)(C)C(F)(F)F.CCN.Cc1cc(F)cc2nc(C)n(C3(C)CCC3)c12. The van der Waals surface area contributed by atoms with Gasteiger partial charge in [0.15, 0.2) is 0 Å². The summed E-state index contributed by atoms with van der Waals surface area (Å²) in [4.78, 5) is 15.3. The number of aromatic nitrogens is 2. The van der Waals surface area contributed by atoms with Gasteiger partial charge in [0.25, 0.3) is 0 Å². The number of nitrogens with two attached hydrogens (primary N) is 1. The van der Waals surface area contributed by atoms with Crippen LogP contribution >= 0.6 is 0 Å². The largest absolute Gasteiger partial charge is 0.394 e. The lowest BCUT2D eigenvalue weighted by molar-refractivity contribution is -0.213. The Morgan fingerprint density at radius 3 is 2.12 bits per heavy atom. The van der Waals surface area contributed by atoms with Gasteiger partial charge in [-0.25, -0.2) is 9.37 Å². The molecule has 1 fully saturated rings. The number of imidazole rings is 1. The summed E-state index contributed by atoms with van der Waals surface area (Å²) >= 11 is 0. The minimum absolute atomic E-state index is 0.166. The van der Waals surface area contributed by atoms with Gasteiger partial charge in [-0.15, -0.1) is 0 Å². The van der Waals surface area contributed by atoms with Gasteiger partial charge in [-0.1, -0.05) is 27.7 Å². The van der Waals surface area contributed by atoms with Crippen LogP contribution in [0.5, 0.6) is 0 Å². The second-order valence-electron chi connectivity index (χ2n) is 9.29. The number of nitrogens with zero attached hydrogens (tertiary/aromatic N) is 2.